The SMILES string of the molecule is COCCN1C[C@H](C(=O)N(Cc2ccncc2)C2CCCCC2)CC1=O. The van der Waals surface area contributed by atoms with Crippen LogP contribution in [0.3, 0.4) is 0 Å². The predicted octanol–water partition coefficient (Wildman–Crippen LogP) is 2.24. The molecular weight excluding hydrogens is 330 g/mol. The number of hydrogen-bond acceptors (Lipinski definition) is 4. The van der Waals surface area contributed by atoms with Crippen LogP contribution in [0.1, 0.15) is 44.1 Å². The summed E-state index contributed by atoms with van der Waals surface area (Å²) in [6.45, 7) is 2.19. The first kappa shape index (κ1) is 18.8. The molecule has 0 bridgehead atoms. The lowest BCUT2D eigenvalue weighted by molar-refractivity contribution is -0.139. The Morgan fingerprint density at radius 2 is 2.00 bits per heavy atom. The van der Waals surface area contributed by atoms with Crippen LogP contribution in [0.2, 0.25) is 0 Å². The van der Waals surface area contributed by atoms with Gasteiger partial charge in [0.2, 0.25) is 11.8 Å². The lowest BCUT2D eigenvalue weighted by Crippen LogP contribution is -2.44. The molecule has 2 fully saturated rings. The van der Waals surface area contributed by atoms with Gasteiger partial charge in [-0.1, -0.05) is 19.3 Å². The van der Waals surface area contributed by atoms with Gasteiger partial charge in [0.05, 0.1) is 12.5 Å². The molecule has 26 heavy (non-hydrogen) atoms. The Balaban J connectivity index is 1.71. The number of likely N-dealkylation sites (tertiary alicyclic amines) is 1. The number of pyridine rings is 1. The van der Waals surface area contributed by atoms with Crippen molar-refractivity contribution in [3.8, 4) is 0 Å². The Hall–Kier alpha value is -1.95. The molecule has 1 saturated carbocycles. The maximum absolute atomic E-state index is 13.3. The molecule has 1 saturated heterocycles. The van der Waals surface area contributed by atoms with Crippen LogP contribution in [0, 0.1) is 5.92 Å². The molecule has 2 aliphatic rings. The summed E-state index contributed by atoms with van der Waals surface area (Å²) in [6, 6.07) is 4.22. The Labute approximate surface area is 155 Å². The Bertz CT molecular complexity index is 602. The molecule has 1 atom stereocenters. The third-order valence-electron chi connectivity index (χ3n) is 5.53. The van der Waals surface area contributed by atoms with Gasteiger partial charge in [-0.05, 0) is 30.5 Å². The monoisotopic (exact) mass is 359 g/mol. The van der Waals surface area contributed by atoms with E-state index in [0.717, 1.165) is 18.4 Å². The van der Waals surface area contributed by atoms with E-state index < -0.39 is 0 Å². The van der Waals surface area contributed by atoms with Gasteiger partial charge in [0, 0.05) is 51.6 Å². The van der Waals surface area contributed by atoms with Crippen LogP contribution < -0.4 is 0 Å². The number of aromatic nitrogens is 1. The first-order valence-electron chi connectivity index (χ1n) is 9.65. The van der Waals surface area contributed by atoms with Crippen LogP contribution >= 0.6 is 0 Å². The van der Waals surface area contributed by atoms with E-state index in [1.807, 2.05) is 17.0 Å². The normalized spacial score (nSPS) is 21.2. The maximum atomic E-state index is 13.3. The highest BCUT2D eigenvalue weighted by Gasteiger charge is 2.38. The smallest absolute Gasteiger partial charge is 0.228 e. The summed E-state index contributed by atoms with van der Waals surface area (Å²) in [7, 11) is 1.63. The molecular formula is C20H29N3O3. The average molecular weight is 359 g/mol. The van der Waals surface area contributed by atoms with Crippen LogP contribution in [0.25, 0.3) is 0 Å². The second-order valence-electron chi connectivity index (χ2n) is 7.35. The molecule has 142 valence electrons. The van der Waals surface area contributed by atoms with Gasteiger partial charge in [-0.15, -0.1) is 0 Å². The summed E-state index contributed by atoms with van der Waals surface area (Å²) >= 11 is 0. The average Bonchev–Trinajstić information content (AvgIpc) is 3.06. The molecule has 2 amide bonds. The Morgan fingerprint density at radius 3 is 2.69 bits per heavy atom. The van der Waals surface area contributed by atoms with Gasteiger partial charge in [-0.2, -0.15) is 0 Å². The van der Waals surface area contributed by atoms with Crippen LogP contribution in [-0.2, 0) is 20.9 Å². The third kappa shape index (κ3) is 4.61. The molecule has 0 spiro atoms. The summed E-state index contributed by atoms with van der Waals surface area (Å²) in [4.78, 5) is 33.4. The fourth-order valence-electron chi connectivity index (χ4n) is 4.05. The number of amides is 2. The Morgan fingerprint density at radius 1 is 1.27 bits per heavy atom. The van der Waals surface area contributed by atoms with Crippen molar-refractivity contribution in [1.82, 2.24) is 14.8 Å². The molecule has 6 nitrogen and oxygen atoms in total. The van der Waals surface area contributed by atoms with Gasteiger partial charge >= 0.3 is 0 Å². The van der Waals surface area contributed by atoms with E-state index in [1.54, 1.807) is 24.4 Å². The minimum Gasteiger partial charge on any atom is -0.383 e. The molecule has 1 aliphatic carbocycles. The van der Waals surface area contributed by atoms with Crippen LogP contribution in [0.5, 0.6) is 0 Å². The van der Waals surface area contributed by atoms with Crippen LogP contribution in [-0.4, -0.2) is 59.4 Å². The fraction of sp³-hybridized carbons (Fsp3) is 0.650. The first-order valence-corrected chi connectivity index (χ1v) is 9.65. The molecule has 0 unspecified atom stereocenters. The van der Waals surface area contributed by atoms with Gasteiger partial charge < -0.3 is 14.5 Å². The van der Waals surface area contributed by atoms with Gasteiger partial charge in [0.15, 0.2) is 0 Å². The van der Waals surface area contributed by atoms with Crippen molar-refractivity contribution in [2.75, 3.05) is 26.8 Å². The number of rotatable bonds is 7. The quantitative estimate of drug-likeness (QED) is 0.749. The van der Waals surface area contributed by atoms with Crippen molar-refractivity contribution in [3.05, 3.63) is 30.1 Å². The molecule has 1 aromatic rings. The predicted molar refractivity (Wildman–Crippen MR) is 98.2 cm³/mol. The molecule has 1 aliphatic heterocycles. The summed E-state index contributed by atoms with van der Waals surface area (Å²) in [5, 5.41) is 0. The zero-order chi connectivity index (χ0) is 18.4. The van der Waals surface area contributed by atoms with Crippen molar-refractivity contribution in [2.24, 2.45) is 5.92 Å². The van der Waals surface area contributed by atoms with E-state index >= 15 is 0 Å². The number of hydrogen-bond donors (Lipinski definition) is 0. The van der Waals surface area contributed by atoms with Gasteiger partial charge in [-0.25, -0.2) is 0 Å². The minimum atomic E-state index is -0.233. The molecule has 6 heteroatoms. The molecule has 0 aromatic carbocycles. The first-order chi connectivity index (χ1) is 12.7. The van der Waals surface area contributed by atoms with Crippen LogP contribution in [0.15, 0.2) is 24.5 Å². The van der Waals surface area contributed by atoms with E-state index in [9.17, 15) is 9.59 Å². The van der Waals surface area contributed by atoms with Gasteiger partial charge in [0.25, 0.3) is 0 Å². The van der Waals surface area contributed by atoms with Crippen LogP contribution in [0.4, 0.5) is 0 Å². The summed E-state index contributed by atoms with van der Waals surface area (Å²) in [5.74, 6) is -0.0435. The van der Waals surface area contributed by atoms with Crippen molar-refractivity contribution < 1.29 is 14.3 Å². The zero-order valence-corrected chi connectivity index (χ0v) is 15.6. The summed E-state index contributed by atoms with van der Waals surface area (Å²) in [6.07, 6.45) is 9.58. The highest BCUT2D eigenvalue weighted by atomic mass is 16.5. The number of carbonyl (C=O) groups excluding carboxylic acids is 2. The molecule has 1 aromatic heterocycles. The zero-order valence-electron chi connectivity index (χ0n) is 15.6. The number of carbonyl (C=O) groups is 2. The molecule has 2 heterocycles. The molecule has 0 N–H and O–H groups in total. The summed E-state index contributed by atoms with van der Waals surface area (Å²) in [5.41, 5.74) is 1.10. The second-order valence-corrected chi connectivity index (χ2v) is 7.35. The van der Waals surface area contributed by atoms with Crippen molar-refractivity contribution in [2.45, 2.75) is 51.1 Å². The largest absolute Gasteiger partial charge is 0.383 e. The third-order valence-corrected chi connectivity index (χ3v) is 5.53. The minimum absolute atomic E-state index is 0.0629. The lowest BCUT2D eigenvalue weighted by Gasteiger charge is -2.36. The van der Waals surface area contributed by atoms with E-state index in [-0.39, 0.29) is 23.8 Å². The highest BCUT2D eigenvalue weighted by molar-refractivity contribution is 5.89. The van der Waals surface area contributed by atoms with E-state index in [4.69, 9.17) is 4.74 Å². The van der Waals surface area contributed by atoms with E-state index in [1.165, 1.54) is 19.3 Å². The topological polar surface area (TPSA) is 62.7 Å². The second kappa shape index (κ2) is 9.12. The van der Waals surface area contributed by atoms with Gasteiger partial charge in [-0.3, -0.25) is 14.6 Å². The molecule has 0 radical (unpaired) electrons. The summed E-state index contributed by atoms with van der Waals surface area (Å²) < 4.78 is 5.07. The highest BCUT2D eigenvalue weighted by Crippen LogP contribution is 2.28. The van der Waals surface area contributed by atoms with Crippen molar-refractivity contribution in [3.63, 3.8) is 0 Å². The number of nitrogens with zero attached hydrogens (tertiary/aromatic N) is 3. The maximum Gasteiger partial charge on any atom is 0.228 e. The number of methoxy groups -OCH3 is 1. The molecule has 3 rings (SSSR count). The number of ether oxygens (including phenoxy) is 1. The fourth-order valence-corrected chi connectivity index (χ4v) is 4.05. The van der Waals surface area contributed by atoms with Gasteiger partial charge in [0.1, 0.15) is 0 Å². The van der Waals surface area contributed by atoms with Crippen molar-refractivity contribution in [1.29, 1.82) is 0 Å². The van der Waals surface area contributed by atoms with E-state index in [0.29, 0.717) is 32.7 Å². The van der Waals surface area contributed by atoms with E-state index in [2.05, 4.69) is 4.98 Å². The lowest BCUT2D eigenvalue weighted by atomic mass is 9.92. The standard InChI is InChI=1S/C20H29N3O3/c1-26-12-11-22-15-17(13-19(22)24)20(25)23(18-5-3-2-4-6-18)14-16-7-9-21-10-8-16/h7-10,17-18H,2-6,11-15H2,1H3/t17-/m1/s1. The Kier molecular flexibility index (Phi) is 6.61. The van der Waals surface area contributed by atoms with Crippen molar-refractivity contribution >= 4 is 11.8 Å².